The highest BCUT2D eigenvalue weighted by Crippen LogP contribution is 2.33. The first-order valence-corrected chi connectivity index (χ1v) is 10.0. The number of anilines is 2. The Kier molecular flexibility index (Phi) is 6.45. The molecule has 1 aromatic carbocycles. The smallest absolute Gasteiger partial charge is 0.321 e. The predicted molar refractivity (Wildman–Crippen MR) is 112 cm³/mol. The molecule has 0 bridgehead atoms. The molecule has 1 N–H and O–H groups in total. The zero-order valence-corrected chi connectivity index (χ0v) is 17.1. The minimum Gasteiger partial charge on any atom is -0.365 e. The Morgan fingerprint density at radius 1 is 1.04 bits per heavy atom. The van der Waals surface area contributed by atoms with Crippen LogP contribution in [0, 0.1) is 0 Å². The van der Waals surface area contributed by atoms with Gasteiger partial charge in [-0.1, -0.05) is 55.2 Å². The van der Waals surface area contributed by atoms with Crippen LogP contribution in [0.3, 0.4) is 0 Å². The van der Waals surface area contributed by atoms with E-state index >= 15 is 0 Å². The Hall–Kier alpha value is -1.98. The number of halogens is 2. The lowest BCUT2D eigenvalue weighted by molar-refractivity contribution is 0.208. The van der Waals surface area contributed by atoms with Crippen LogP contribution in [0.2, 0.25) is 10.0 Å². The lowest BCUT2D eigenvalue weighted by Gasteiger charge is -2.36. The molecule has 0 unspecified atom stereocenters. The molecule has 1 fully saturated rings. The molecule has 27 heavy (non-hydrogen) atoms. The summed E-state index contributed by atoms with van der Waals surface area (Å²) in [6, 6.07) is 6.13. The molecule has 3 rings (SSSR count). The highest BCUT2D eigenvalue weighted by molar-refractivity contribution is 6.38. The lowest BCUT2D eigenvalue weighted by Crippen LogP contribution is -2.50. The Morgan fingerprint density at radius 3 is 2.11 bits per heavy atom. The summed E-state index contributed by atoms with van der Waals surface area (Å²) in [5, 5.41) is 4.20. The largest absolute Gasteiger partial charge is 0.365 e. The number of hydrogen-bond donors (Lipinski definition) is 1. The number of aryl methyl sites for hydroxylation is 2. The zero-order chi connectivity index (χ0) is 19.4. The number of benzene rings is 1. The summed E-state index contributed by atoms with van der Waals surface area (Å²) in [6.07, 6.45) is 4.96. The van der Waals surface area contributed by atoms with Crippen molar-refractivity contribution in [3.63, 3.8) is 0 Å². The van der Waals surface area contributed by atoms with Crippen molar-refractivity contribution in [1.29, 1.82) is 0 Å². The molecule has 1 aliphatic rings. The summed E-state index contributed by atoms with van der Waals surface area (Å²) in [6.45, 7) is 6.77. The van der Waals surface area contributed by atoms with Gasteiger partial charge in [-0.15, -0.1) is 0 Å². The monoisotopic (exact) mass is 406 g/mol. The van der Waals surface area contributed by atoms with Gasteiger partial charge in [0.15, 0.2) is 0 Å². The first-order valence-electron chi connectivity index (χ1n) is 9.25. The van der Waals surface area contributed by atoms with Crippen LogP contribution < -0.4 is 10.2 Å². The van der Waals surface area contributed by atoms with E-state index in [1.54, 1.807) is 12.4 Å². The van der Waals surface area contributed by atoms with E-state index in [0.717, 1.165) is 35.3 Å². The zero-order valence-electron chi connectivity index (χ0n) is 15.6. The number of aromatic nitrogens is 1. The van der Waals surface area contributed by atoms with E-state index in [0.29, 0.717) is 36.2 Å². The van der Waals surface area contributed by atoms with E-state index in [2.05, 4.69) is 41.2 Å². The maximum absolute atomic E-state index is 12.8. The standard InChI is InChI=1S/C20H24Cl2N4O/c1-3-14-6-5-7-15(4-2)18(14)24-20(27)26-10-8-25(9-11-26)19-16(21)12-23-13-17(19)22/h5-7,12-13H,3-4,8-11H2,1-2H3,(H,24,27). The summed E-state index contributed by atoms with van der Waals surface area (Å²) in [5.41, 5.74) is 4.07. The summed E-state index contributed by atoms with van der Waals surface area (Å²) in [7, 11) is 0. The van der Waals surface area contributed by atoms with Gasteiger partial charge in [0.1, 0.15) is 0 Å². The third kappa shape index (κ3) is 4.30. The Morgan fingerprint density at radius 2 is 1.59 bits per heavy atom. The van der Waals surface area contributed by atoms with E-state index in [-0.39, 0.29) is 6.03 Å². The van der Waals surface area contributed by atoms with Crippen molar-refractivity contribution in [2.24, 2.45) is 0 Å². The van der Waals surface area contributed by atoms with Gasteiger partial charge in [0.05, 0.1) is 15.7 Å². The van der Waals surface area contributed by atoms with E-state index in [4.69, 9.17) is 23.2 Å². The molecule has 0 saturated carbocycles. The number of piperazine rings is 1. The highest BCUT2D eigenvalue weighted by Gasteiger charge is 2.24. The van der Waals surface area contributed by atoms with E-state index in [1.807, 2.05) is 11.0 Å². The van der Waals surface area contributed by atoms with Crippen molar-refractivity contribution in [2.75, 3.05) is 36.4 Å². The fourth-order valence-corrected chi connectivity index (χ4v) is 4.03. The van der Waals surface area contributed by atoms with Crippen LogP contribution in [-0.2, 0) is 12.8 Å². The van der Waals surface area contributed by atoms with Crippen LogP contribution in [0.4, 0.5) is 16.2 Å². The Labute approximate surface area is 170 Å². The van der Waals surface area contributed by atoms with Crippen LogP contribution in [0.15, 0.2) is 30.6 Å². The number of rotatable bonds is 4. The van der Waals surface area contributed by atoms with Crippen LogP contribution in [-0.4, -0.2) is 42.1 Å². The summed E-state index contributed by atoms with van der Waals surface area (Å²) in [4.78, 5) is 20.8. The first-order chi connectivity index (χ1) is 13.0. The molecule has 2 aromatic rings. The van der Waals surface area contributed by atoms with Gasteiger partial charge < -0.3 is 15.1 Å². The van der Waals surface area contributed by atoms with Crippen LogP contribution >= 0.6 is 23.2 Å². The Balaban J connectivity index is 1.68. The average molecular weight is 407 g/mol. The first kappa shape index (κ1) is 19.8. The number of carbonyl (C=O) groups is 1. The van der Waals surface area contributed by atoms with Gasteiger partial charge in [-0.2, -0.15) is 0 Å². The molecule has 144 valence electrons. The molecule has 0 radical (unpaired) electrons. The molecule has 0 spiro atoms. The summed E-state index contributed by atoms with van der Waals surface area (Å²) < 4.78 is 0. The molecule has 5 nitrogen and oxygen atoms in total. The van der Waals surface area contributed by atoms with Crippen LogP contribution in [0.1, 0.15) is 25.0 Å². The number of carbonyl (C=O) groups excluding carboxylic acids is 1. The van der Waals surface area contributed by atoms with Gasteiger partial charge in [0.25, 0.3) is 0 Å². The number of nitrogens with one attached hydrogen (secondary N) is 1. The molecule has 1 aliphatic heterocycles. The minimum atomic E-state index is -0.0582. The fourth-order valence-electron chi connectivity index (χ4n) is 3.43. The molecule has 2 heterocycles. The topological polar surface area (TPSA) is 48.5 Å². The van der Waals surface area contributed by atoms with Crippen molar-refractivity contribution in [3.8, 4) is 0 Å². The molecule has 2 amide bonds. The number of hydrogen-bond acceptors (Lipinski definition) is 3. The molecule has 1 saturated heterocycles. The summed E-state index contributed by atoms with van der Waals surface area (Å²) >= 11 is 12.5. The molecular formula is C20H24Cl2N4O. The third-order valence-electron chi connectivity index (χ3n) is 4.94. The van der Waals surface area contributed by atoms with Gasteiger partial charge in [0.2, 0.25) is 0 Å². The third-order valence-corrected chi connectivity index (χ3v) is 5.50. The van der Waals surface area contributed by atoms with E-state index < -0.39 is 0 Å². The number of para-hydroxylation sites is 1. The molecule has 0 aliphatic carbocycles. The highest BCUT2D eigenvalue weighted by atomic mass is 35.5. The SMILES string of the molecule is CCc1cccc(CC)c1NC(=O)N1CCN(c2c(Cl)cncc2Cl)CC1. The second kappa shape index (κ2) is 8.81. The van der Waals surface area contributed by atoms with Gasteiger partial charge in [-0.3, -0.25) is 4.98 Å². The van der Waals surface area contributed by atoms with Gasteiger partial charge >= 0.3 is 6.03 Å². The van der Waals surface area contributed by atoms with Crippen molar-refractivity contribution >= 4 is 40.6 Å². The molecule has 1 aromatic heterocycles. The van der Waals surface area contributed by atoms with Crippen molar-refractivity contribution in [1.82, 2.24) is 9.88 Å². The van der Waals surface area contributed by atoms with Gasteiger partial charge in [-0.05, 0) is 24.0 Å². The second-order valence-electron chi connectivity index (χ2n) is 6.51. The van der Waals surface area contributed by atoms with E-state index in [9.17, 15) is 4.79 Å². The number of nitrogens with zero attached hydrogens (tertiary/aromatic N) is 3. The quantitative estimate of drug-likeness (QED) is 0.787. The molecule has 0 atom stereocenters. The maximum atomic E-state index is 12.8. The van der Waals surface area contributed by atoms with Crippen molar-refractivity contribution < 1.29 is 4.79 Å². The average Bonchev–Trinajstić information content (AvgIpc) is 2.68. The van der Waals surface area contributed by atoms with Crippen LogP contribution in [0.25, 0.3) is 0 Å². The van der Waals surface area contributed by atoms with Gasteiger partial charge in [0, 0.05) is 44.3 Å². The van der Waals surface area contributed by atoms with Gasteiger partial charge in [-0.25, -0.2) is 4.79 Å². The second-order valence-corrected chi connectivity index (χ2v) is 7.33. The van der Waals surface area contributed by atoms with Crippen molar-refractivity contribution in [2.45, 2.75) is 26.7 Å². The Bertz CT molecular complexity index is 777. The molecule has 7 heteroatoms. The van der Waals surface area contributed by atoms with Crippen LogP contribution in [0.5, 0.6) is 0 Å². The van der Waals surface area contributed by atoms with E-state index in [1.165, 1.54) is 0 Å². The predicted octanol–water partition coefficient (Wildman–Crippen LogP) is 4.87. The number of pyridine rings is 1. The number of amides is 2. The number of urea groups is 1. The normalized spacial score (nSPS) is 14.4. The summed E-state index contributed by atoms with van der Waals surface area (Å²) in [5.74, 6) is 0. The fraction of sp³-hybridized carbons (Fsp3) is 0.400. The lowest BCUT2D eigenvalue weighted by atomic mass is 10.0. The maximum Gasteiger partial charge on any atom is 0.321 e. The molecular weight excluding hydrogens is 383 g/mol. The minimum absolute atomic E-state index is 0.0582. The van der Waals surface area contributed by atoms with Crippen molar-refractivity contribution in [3.05, 3.63) is 51.8 Å².